The fourth-order valence-electron chi connectivity index (χ4n) is 3.19. The number of amides is 1. The topological polar surface area (TPSA) is 54.7 Å². The van der Waals surface area contributed by atoms with Gasteiger partial charge < -0.3 is 19.4 Å². The molecular weight excluding hydrogens is 347 g/mol. The molecule has 3 aromatic rings. The number of nitrogens with one attached hydrogen (secondary N) is 1. The van der Waals surface area contributed by atoms with Crippen molar-refractivity contribution in [2.24, 2.45) is 0 Å². The molecule has 5 nitrogen and oxygen atoms in total. The second-order valence-electron chi connectivity index (χ2n) is 6.63. The maximum Gasteiger partial charge on any atom is 0.287 e. The number of fused-ring (bicyclic) bond motifs is 1. The maximum absolute atomic E-state index is 13.5. The van der Waals surface area contributed by atoms with Crippen LogP contribution in [-0.2, 0) is 0 Å². The summed E-state index contributed by atoms with van der Waals surface area (Å²) in [6.45, 7) is 2.13. The lowest BCUT2D eigenvalue weighted by molar-refractivity contribution is 0.0915. The van der Waals surface area contributed by atoms with Gasteiger partial charge in [0, 0.05) is 23.1 Å². The Kier molecular flexibility index (Phi) is 5.46. The standard InChI is InChI=1S/C21H23FN2O3/c1-13-16-11-14(22)9-10-19(16)27-20(13)21(25)23-12-17(24(2)3)15-7-5-6-8-18(15)26-4/h5-11,17H,12H2,1-4H3,(H,23,25)/t17-/m0/s1. The van der Waals surface area contributed by atoms with E-state index in [2.05, 4.69) is 5.32 Å². The summed E-state index contributed by atoms with van der Waals surface area (Å²) in [4.78, 5) is 14.7. The zero-order valence-electron chi connectivity index (χ0n) is 15.9. The number of halogens is 1. The number of carbonyl (C=O) groups excluding carboxylic acids is 1. The first-order valence-electron chi connectivity index (χ1n) is 8.68. The van der Waals surface area contributed by atoms with Gasteiger partial charge in [0.1, 0.15) is 17.1 Å². The fraction of sp³-hybridized carbons (Fsp3) is 0.286. The van der Waals surface area contributed by atoms with E-state index in [0.717, 1.165) is 11.3 Å². The van der Waals surface area contributed by atoms with Crippen LogP contribution in [0.1, 0.15) is 27.7 Å². The first-order chi connectivity index (χ1) is 12.9. The molecule has 0 radical (unpaired) electrons. The zero-order chi connectivity index (χ0) is 19.6. The third kappa shape index (κ3) is 3.80. The number of carbonyl (C=O) groups is 1. The highest BCUT2D eigenvalue weighted by atomic mass is 19.1. The summed E-state index contributed by atoms with van der Waals surface area (Å²) in [5.74, 6) is 0.280. The van der Waals surface area contributed by atoms with Gasteiger partial charge in [-0.1, -0.05) is 18.2 Å². The van der Waals surface area contributed by atoms with Crippen LogP contribution in [0.4, 0.5) is 4.39 Å². The van der Waals surface area contributed by atoms with Crippen LogP contribution in [0.15, 0.2) is 46.9 Å². The van der Waals surface area contributed by atoms with Gasteiger partial charge in [0.05, 0.1) is 13.2 Å². The number of para-hydroxylation sites is 1. The van der Waals surface area contributed by atoms with E-state index in [1.54, 1.807) is 14.0 Å². The van der Waals surface area contributed by atoms with Gasteiger partial charge in [0.2, 0.25) is 0 Å². The third-order valence-corrected chi connectivity index (χ3v) is 4.68. The van der Waals surface area contributed by atoms with Crippen molar-refractivity contribution in [2.45, 2.75) is 13.0 Å². The average molecular weight is 370 g/mol. The summed E-state index contributed by atoms with van der Waals surface area (Å²) < 4.78 is 24.6. The smallest absolute Gasteiger partial charge is 0.287 e. The van der Waals surface area contributed by atoms with Crippen LogP contribution in [0.3, 0.4) is 0 Å². The Morgan fingerprint density at radius 1 is 1.26 bits per heavy atom. The minimum absolute atomic E-state index is 0.0766. The minimum Gasteiger partial charge on any atom is -0.496 e. The highest BCUT2D eigenvalue weighted by Crippen LogP contribution is 2.28. The number of furan rings is 1. The lowest BCUT2D eigenvalue weighted by atomic mass is 10.0. The molecule has 2 aromatic carbocycles. The molecule has 1 atom stereocenters. The van der Waals surface area contributed by atoms with Gasteiger partial charge in [-0.15, -0.1) is 0 Å². The Morgan fingerprint density at radius 3 is 2.70 bits per heavy atom. The Bertz CT molecular complexity index is 965. The van der Waals surface area contributed by atoms with E-state index in [-0.39, 0.29) is 23.5 Å². The number of likely N-dealkylation sites (N-methyl/N-ethyl adjacent to an activating group) is 1. The van der Waals surface area contributed by atoms with Gasteiger partial charge >= 0.3 is 0 Å². The van der Waals surface area contributed by atoms with Crippen LogP contribution in [0, 0.1) is 12.7 Å². The van der Waals surface area contributed by atoms with Crippen LogP contribution >= 0.6 is 0 Å². The molecule has 0 aliphatic heterocycles. The largest absolute Gasteiger partial charge is 0.496 e. The number of nitrogens with zero attached hydrogens (tertiary/aromatic N) is 1. The second kappa shape index (κ2) is 7.80. The summed E-state index contributed by atoms with van der Waals surface area (Å²) in [6.07, 6.45) is 0. The lowest BCUT2D eigenvalue weighted by Gasteiger charge is -2.26. The normalized spacial score (nSPS) is 12.4. The summed E-state index contributed by atoms with van der Waals surface area (Å²) >= 11 is 0. The number of rotatable bonds is 6. The minimum atomic E-state index is -0.359. The van der Waals surface area contributed by atoms with E-state index in [4.69, 9.17) is 9.15 Å². The van der Waals surface area contributed by atoms with Crippen molar-refractivity contribution < 1.29 is 18.3 Å². The molecule has 0 aliphatic rings. The molecule has 1 amide bonds. The summed E-state index contributed by atoms with van der Waals surface area (Å²) in [5.41, 5.74) is 2.10. The molecule has 142 valence electrons. The molecule has 0 bridgehead atoms. The summed E-state index contributed by atoms with van der Waals surface area (Å²) in [5, 5.41) is 3.53. The average Bonchev–Trinajstić information content (AvgIpc) is 2.98. The Balaban J connectivity index is 1.82. The number of benzene rings is 2. The van der Waals surface area contributed by atoms with Crippen molar-refractivity contribution in [3.63, 3.8) is 0 Å². The maximum atomic E-state index is 13.5. The van der Waals surface area contributed by atoms with Crippen molar-refractivity contribution in [3.8, 4) is 5.75 Å². The Hall–Kier alpha value is -2.86. The van der Waals surface area contributed by atoms with Gasteiger partial charge in [0.15, 0.2) is 5.76 Å². The number of ether oxygens (including phenoxy) is 1. The highest BCUT2D eigenvalue weighted by Gasteiger charge is 2.22. The molecule has 1 aromatic heterocycles. The highest BCUT2D eigenvalue weighted by molar-refractivity contribution is 5.98. The lowest BCUT2D eigenvalue weighted by Crippen LogP contribution is -2.34. The molecule has 27 heavy (non-hydrogen) atoms. The Labute approximate surface area is 157 Å². The van der Waals surface area contributed by atoms with Crippen LogP contribution in [0.5, 0.6) is 5.75 Å². The molecule has 6 heteroatoms. The van der Waals surface area contributed by atoms with E-state index >= 15 is 0 Å². The van der Waals surface area contributed by atoms with E-state index in [1.165, 1.54) is 18.2 Å². The number of aryl methyl sites for hydroxylation is 1. The van der Waals surface area contributed by atoms with E-state index in [0.29, 0.717) is 23.1 Å². The van der Waals surface area contributed by atoms with E-state index in [9.17, 15) is 9.18 Å². The number of hydrogen-bond donors (Lipinski definition) is 1. The monoisotopic (exact) mass is 370 g/mol. The van der Waals surface area contributed by atoms with Crippen molar-refractivity contribution in [1.82, 2.24) is 10.2 Å². The first kappa shape index (κ1) is 18.9. The number of methoxy groups -OCH3 is 1. The first-order valence-corrected chi connectivity index (χ1v) is 8.68. The van der Waals surface area contributed by atoms with Gasteiger partial charge in [-0.25, -0.2) is 4.39 Å². The predicted molar refractivity (Wildman–Crippen MR) is 103 cm³/mol. The van der Waals surface area contributed by atoms with Crippen molar-refractivity contribution in [2.75, 3.05) is 27.7 Å². The van der Waals surface area contributed by atoms with Crippen LogP contribution in [0.25, 0.3) is 11.0 Å². The van der Waals surface area contributed by atoms with Crippen LogP contribution in [-0.4, -0.2) is 38.6 Å². The third-order valence-electron chi connectivity index (χ3n) is 4.68. The molecule has 1 heterocycles. The molecule has 0 unspecified atom stereocenters. The van der Waals surface area contributed by atoms with Crippen molar-refractivity contribution in [3.05, 3.63) is 65.2 Å². The molecular formula is C21H23FN2O3. The van der Waals surface area contributed by atoms with Crippen molar-refractivity contribution >= 4 is 16.9 Å². The fourth-order valence-corrected chi connectivity index (χ4v) is 3.19. The zero-order valence-corrected chi connectivity index (χ0v) is 15.9. The van der Waals surface area contributed by atoms with Gasteiger partial charge in [-0.05, 0) is 45.3 Å². The Morgan fingerprint density at radius 2 is 2.00 bits per heavy atom. The quantitative estimate of drug-likeness (QED) is 0.715. The summed E-state index contributed by atoms with van der Waals surface area (Å²) in [7, 11) is 5.51. The van der Waals surface area contributed by atoms with E-state index < -0.39 is 0 Å². The molecule has 0 aliphatic carbocycles. The molecule has 0 fully saturated rings. The van der Waals surface area contributed by atoms with Crippen LogP contribution < -0.4 is 10.1 Å². The SMILES string of the molecule is COc1ccccc1[C@H](CNC(=O)c1oc2ccc(F)cc2c1C)N(C)C. The molecule has 0 saturated carbocycles. The summed E-state index contributed by atoms with van der Waals surface area (Å²) in [6, 6.07) is 11.9. The van der Waals surface area contributed by atoms with Gasteiger partial charge in [-0.3, -0.25) is 4.79 Å². The molecule has 0 saturated heterocycles. The van der Waals surface area contributed by atoms with E-state index in [1.807, 2.05) is 43.3 Å². The second-order valence-corrected chi connectivity index (χ2v) is 6.63. The molecule has 0 spiro atoms. The molecule has 3 rings (SSSR count). The predicted octanol–water partition coefficient (Wildman–Crippen LogP) is 3.92. The van der Waals surface area contributed by atoms with Crippen molar-refractivity contribution in [1.29, 1.82) is 0 Å². The van der Waals surface area contributed by atoms with Gasteiger partial charge in [-0.2, -0.15) is 0 Å². The number of hydrogen-bond acceptors (Lipinski definition) is 4. The van der Waals surface area contributed by atoms with Gasteiger partial charge in [0.25, 0.3) is 5.91 Å². The molecule has 1 N–H and O–H groups in total. The van der Waals surface area contributed by atoms with Crippen LogP contribution in [0.2, 0.25) is 0 Å².